The van der Waals surface area contributed by atoms with Crippen LogP contribution in [0, 0.1) is 17.8 Å². The van der Waals surface area contributed by atoms with Gasteiger partial charge in [-0.05, 0) is 30.3 Å². The lowest BCUT2D eigenvalue weighted by atomic mass is 9.96. The van der Waals surface area contributed by atoms with Crippen LogP contribution >= 0.6 is 0 Å². The second-order valence-corrected chi connectivity index (χ2v) is 7.14. The Morgan fingerprint density at radius 1 is 1.18 bits per heavy atom. The molecule has 144 valence electrons. The molecule has 0 fully saturated rings. The Kier molecular flexibility index (Phi) is 5.87. The summed E-state index contributed by atoms with van der Waals surface area (Å²) in [7, 11) is 3.52. The predicted molar refractivity (Wildman–Crippen MR) is 112 cm³/mol. The average Bonchev–Trinajstić information content (AvgIpc) is 2.97. The highest BCUT2D eigenvalue weighted by Crippen LogP contribution is 2.31. The molecule has 3 rings (SSSR count). The number of rotatable bonds is 5. The van der Waals surface area contributed by atoms with E-state index in [4.69, 9.17) is 4.74 Å². The Morgan fingerprint density at radius 3 is 2.54 bits per heavy atom. The second kappa shape index (κ2) is 8.33. The maximum Gasteiger partial charge on any atom is 0.167 e. The molecule has 0 saturated heterocycles. The quantitative estimate of drug-likeness (QED) is 0.542. The van der Waals surface area contributed by atoms with Crippen molar-refractivity contribution < 1.29 is 14.6 Å². The van der Waals surface area contributed by atoms with Crippen molar-refractivity contribution in [2.75, 3.05) is 7.11 Å². The van der Waals surface area contributed by atoms with Gasteiger partial charge in [-0.25, -0.2) is 0 Å². The summed E-state index contributed by atoms with van der Waals surface area (Å²) < 4.78 is 7.31. The van der Waals surface area contributed by atoms with Gasteiger partial charge in [0.2, 0.25) is 0 Å². The van der Waals surface area contributed by atoms with E-state index in [1.807, 2.05) is 74.0 Å². The third-order valence-corrected chi connectivity index (χ3v) is 4.84. The molecule has 4 nitrogen and oxygen atoms in total. The van der Waals surface area contributed by atoms with Gasteiger partial charge in [0.05, 0.1) is 7.11 Å². The fraction of sp³-hybridized carbons (Fsp3) is 0.292. The maximum atomic E-state index is 13.0. The summed E-state index contributed by atoms with van der Waals surface area (Å²) in [5, 5.41) is 11.4. The highest BCUT2D eigenvalue weighted by Gasteiger charge is 2.24. The number of ether oxygens (including phenoxy) is 1. The molecule has 0 radical (unpaired) electrons. The minimum Gasteiger partial charge on any atom is -0.497 e. The molecule has 2 aromatic carbocycles. The number of ketones is 1. The lowest BCUT2D eigenvalue weighted by Gasteiger charge is -2.10. The van der Waals surface area contributed by atoms with E-state index in [0.29, 0.717) is 11.3 Å². The van der Waals surface area contributed by atoms with Crippen molar-refractivity contribution in [3.63, 3.8) is 0 Å². The standard InChI is InChI=1S/C24H25NO3/c1-16(2)24(27)23-20-15-19(28-4)12-13-21(20)25(3)22(23)14-18(26)11-10-17-8-6-5-7-9-17/h5-9,12-13,15-16,18,26H,14H2,1-4H3. The summed E-state index contributed by atoms with van der Waals surface area (Å²) in [5.74, 6) is 6.49. The summed E-state index contributed by atoms with van der Waals surface area (Å²) in [4.78, 5) is 13.0. The molecule has 1 atom stereocenters. The number of methoxy groups -OCH3 is 1. The number of fused-ring (bicyclic) bond motifs is 1. The Bertz CT molecular complexity index is 1050. The largest absolute Gasteiger partial charge is 0.497 e. The number of aliphatic hydroxyl groups excluding tert-OH is 1. The van der Waals surface area contributed by atoms with E-state index in [0.717, 1.165) is 22.2 Å². The highest BCUT2D eigenvalue weighted by atomic mass is 16.5. The molecule has 0 amide bonds. The van der Waals surface area contributed by atoms with E-state index in [2.05, 4.69) is 11.8 Å². The molecule has 1 unspecified atom stereocenters. The van der Waals surface area contributed by atoms with Gasteiger partial charge in [-0.3, -0.25) is 4.79 Å². The van der Waals surface area contributed by atoms with Crippen LogP contribution in [0.2, 0.25) is 0 Å². The van der Waals surface area contributed by atoms with Crippen molar-refractivity contribution in [1.82, 2.24) is 4.57 Å². The SMILES string of the molecule is COc1ccc2c(c1)c(C(=O)C(C)C)c(CC(O)C#Cc1ccccc1)n2C. The second-order valence-electron chi connectivity index (χ2n) is 7.14. The van der Waals surface area contributed by atoms with Gasteiger partial charge in [-0.1, -0.05) is 43.9 Å². The van der Waals surface area contributed by atoms with E-state index < -0.39 is 6.10 Å². The van der Waals surface area contributed by atoms with Crippen LogP contribution < -0.4 is 4.74 Å². The van der Waals surface area contributed by atoms with Gasteiger partial charge in [0.1, 0.15) is 11.9 Å². The van der Waals surface area contributed by atoms with Gasteiger partial charge in [0, 0.05) is 47.1 Å². The summed E-state index contributed by atoms with van der Waals surface area (Å²) >= 11 is 0. The first-order valence-corrected chi connectivity index (χ1v) is 9.36. The van der Waals surface area contributed by atoms with Gasteiger partial charge in [0.25, 0.3) is 0 Å². The number of carbonyl (C=O) groups is 1. The van der Waals surface area contributed by atoms with Crippen molar-refractivity contribution >= 4 is 16.7 Å². The van der Waals surface area contributed by atoms with E-state index in [-0.39, 0.29) is 18.1 Å². The highest BCUT2D eigenvalue weighted by molar-refractivity contribution is 6.10. The van der Waals surface area contributed by atoms with Crippen LogP contribution in [0.3, 0.4) is 0 Å². The molecule has 0 spiro atoms. The van der Waals surface area contributed by atoms with Crippen LogP contribution in [0.1, 0.15) is 35.5 Å². The van der Waals surface area contributed by atoms with Crippen molar-refractivity contribution in [3.8, 4) is 17.6 Å². The lowest BCUT2D eigenvalue weighted by molar-refractivity contribution is 0.0939. The van der Waals surface area contributed by atoms with Gasteiger partial charge in [-0.15, -0.1) is 0 Å². The molecule has 1 aromatic heterocycles. The van der Waals surface area contributed by atoms with E-state index in [1.165, 1.54) is 0 Å². The van der Waals surface area contributed by atoms with Gasteiger partial charge < -0.3 is 14.4 Å². The molecular formula is C24H25NO3. The zero-order valence-corrected chi connectivity index (χ0v) is 16.7. The summed E-state index contributed by atoms with van der Waals surface area (Å²) in [6.07, 6.45) is -0.593. The van der Waals surface area contributed by atoms with Gasteiger partial charge in [-0.2, -0.15) is 0 Å². The fourth-order valence-electron chi connectivity index (χ4n) is 3.33. The van der Waals surface area contributed by atoms with Crippen LogP contribution in [-0.2, 0) is 13.5 Å². The lowest BCUT2D eigenvalue weighted by Crippen LogP contribution is -2.16. The zero-order valence-electron chi connectivity index (χ0n) is 16.7. The van der Waals surface area contributed by atoms with E-state index in [1.54, 1.807) is 7.11 Å². The van der Waals surface area contributed by atoms with E-state index in [9.17, 15) is 9.90 Å². The maximum absolute atomic E-state index is 13.0. The number of Topliss-reactive ketones (excluding diaryl/α,β-unsaturated/α-hetero) is 1. The third kappa shape index (κ3) is 3.95. The van der Waals surface area contributed by atoms with Crippen molar-refractivity contribution in [2.45, 2.75) is 26.4 Å². The van der Waals surface area contributed by atoms with Crippen molar-refractivity contribution in [1.29, 1.82) is 0 Å². The molecule has 0 bridgehead atoms. The number of hydrogen-bond donors (Lipinski definition) is 1. The first-order valence-electron chi connectivity index (χ1n) is 9.36. The average molecular weight is 375 g/mol. The topological polar surface area (TPSA) is 51.5 Å². The summed E-state index contributed by atoms with van der Waals surface area (Å²) in [6, 6.07) is 15.2. The molecule has 28 heavy (non-hydrogen) atoms. The molecule has 0 saturated carbocycles. The van der Waals surface area contributed by atoms with Crippen molar-refractivity contribution in [3.05, 3.63) is 65.4 Å². The number of aryl methyl sites for hydroxylation is 1. The zero-order chi connectivity index (χ0) is 20.3. The first-order chi connectivity index (χ1) is 13.4. The summed E-state index contributed by atoms with van der Waals surface area (Å²) in [5.41, 5.74) is 3.22. The third-order valence-electron chi connectivity index (χ3n) is 4.84. The minimum absolute atomic E-state index is 0.0528. The van der Waals surface area contributed by atoms with Gasteiger partial charge >= 0.3 is 0 Å². The smallest absolute Gasteiger partial charge is 0.167 e. The van der Waals surface area contributed by atoms with Crippen LogP contribution in [0.4, 0.5) is 0 Å². The molecule has 1 heterocycles. The molecule has 0 aliphatic rings. The van der Waals surface area contributed by atoms with Crippen LogP contribution in [-0.4, -0.2) is 28.7 Å². The normalized spacial score (nSPS) is 11.9. The Hall–Kier alpha value is -3.03. The predicted octanol–water partition coefficient (Wildman–Crippen LogP) is 3.98. The molecule has 0 aliphatic heterocycles. The molecule has 0 aliphatic carbocycles. The first kappa shape index (κ1) is 19.7. The summed E-state index contributed by atoms with van der Waals surface area (Å²) in [6.45, 7) is 3.77. The molecule has 1 N–H and O–H groups in total. The number of nitrogens with zero attached hydrogens (tertiary/aromatic N) is 1. The fourth-order valence-corrected chi connectivity index (χ4v) is 3.33. The number of carbonyl (C=O) groups excluding carboxylic acids is 1. The Morgan fingerprint density at radius 2 is 1.89 bits per heavy atom. The number of benzene rings is 2. The molecular weight excluding hydrogens is 350 g/mol. The molecule has 3 aromatic rings. The van der Waals surface area contributed by atoms with Crippen LogP contribution in [0.25, 0.3) is 10.9 Å². The van der Waals surface area contributed by atoms with E-state index >= 15 is 0 Å². The Labute approximate surface area is 165 Å². The van der Waals surface area contributed by atoms with Crippen molar-refractivity contribution in [2.24, 2.45) is 13.0 Å². The Balaban J connectivity index is 2.04. The number of aromatic nitrogens is 1. The van der Waals surface area contributed by atoms with Crippen LogP contribution in [0.15, 0.2) is 48.5 Å². The number of hydrogen-bond acceptors (Lipinski definition) is 3. The molecule has 4 heteroatoms. The van der Waals surface area contributed by atoms with Crippen LogP contribution in [0.5, 0.6) is 5.75 Å². The monoisotopic (exact) mass is 375 g/mol. The number of aliphatic hydroxyl groups is 1. The minimum atomic E-state index is -0.871. The van der Waals surface area contributed by atoms with Gasteiger partial charge in [0.15, 0.2) is 5.78 Å².